The molecule has 0 aromatic rings. The Kier molecular flexibility index (Phi) is 17.9. The minimum Gasteiger partial charge on any atom is -0.459 e. The third kappa shape index (κ3) is 20.5. The Balaban J connectivity index is 4.23. The van der Waals surface area contributed by atoms with Crippen LogP contribution in [0.1, 0.15) is 112 Å². The third-order valence-corrected chi connectivity index (χ3v) is 5.74. The van der Waals surface area contributed by atoms with Crippen molar-refractivity contribution in [3.8, 4) is 0 Å². The molecular weight excluding hydrogens is 382 g/mol. The van der Waals surface area contributed by atoms with Crippen molar-refractivity contribution in [1.29, 1.82) is 0 Å². The van der Waals surface area contributed by atoms with Crippen molar-refractivity contribution in [3.05, 3.63) is 0 Å². The fraction of sp³-hybridized carbons (Fsp3) is 0.917. The molecule has 0 amide bonds. The maximum absolute atomic E-state index is 12.2. The zero-order valence-corrected chi connectivity index (χ0v) is 20.7. The van der Waals surface area contributed by atoms with E-state index < -0.39 is 5.60 Å². The predicted molar refractivity (Wildman–Crippen MR) is 127 cm³/mol. The highest BCUT2D eigenvalue weighted by atomic mass is 32.2. The van der Waals surface area contributed by atoms with Crippen molar-refractivity contribution in [2.24, 2.45) is 0 Å². The van der Waals surface area contributed by atoms with Crippen LogP contribution in [0.5, 0.6) is 0 Å². The Morgan fingerprint density at radius 3 is 1.97 bits per heavy atom. The molecule has 0 bridgehead atoms. The number of thioether (sulfide) groups is 1. The van der Waals surface area contributed by atoms with Gasteiger partial charge in [0.1, 0.15) is 5.60 Å². The molecule has 0 atom stereocenters. The molecule has 0 spiro atoms. The first-order valence-corrected chi connectivity index (χ1v) is 12.9. The number of esters is 1. The lowest BCUT2D eigenvalue weighted by atomic mass is 10.1. The molecule has 0 aliphatic heterocycles. The van der Waals surface area contributed by atoms with E-state index >= 15 is 0 Å². The molecule has 0 heterocycles. The Morgan fingerprint density at radius 1 is 0.793 bits per heavy atom. The number of ether oxygens (including phenoxy) is 1. The second-order valence-corrected chi connectivity index (χ2v) is 10.2. The minimum atomic E-state index is -0.451. The first-order chi connectivity index (χ1) is 13.8. The zero-order chi connectivity index (χ0) is 22.0. The smallest absolute Gasteiger partial charge is 0.320 e. The van der Waals surface area contributed by atoms with Gasteiger partial charge in [-0.3, -0.25) is 14.5 Å². The predicted octanol–water partition coefficient (Wildman–Crippen LogP) is 6.61. The summed E-state index contributed by atoms with van der Waals surface area (Å²) in [4.78, 5) is 26.5. The summed E-state index contributed by atoms with van der Waals surface area (Å²) in [5.41, 5.74) is -0.451. The van der Waals surface area contributed by atoms with Crippen molar-refractivity contribution in [2.75, 3.05) is 25.4 Å². The molecule has 0 fully saturated rings. The van der Waals surface area contributed by atoms with Crippen molar-refractivity contribution < 1.29 is 14.3 Å². The second kappa shape index (κ2) is 18.2. The highest BCUT2D eigenvalue weighted by Gasteiger charge is 2.19. The van der Waals surface area contributed by atoms with Crippen LogP contribution in [0.15, 0.2) is 0 Å². The molecule has 0 unspecified atom stereocenters. The van der Waals surface area contributed by atoms with Gasteiger partial charge in [-0.2, -0.15) is 0 Å². The van der Waals surface area contributed by atoms with Gasteiger partial charge in [-0.25, -0.2) is 0 Å². The molecule has 4 nitrogen and oxygen atoms in total. The van der Waals surface area contributed by atoms with Gasteiger partial charge in [-0.05, 0) is 53.1 Å². The van der Waals surface area contributed by atoms with Crippen molar-refractivity contribution >= 4 is 22.8 Å². The van der Waals surface area contributed by atoms with Crippen molar-refractivity contribution in [2.45, 2.75) is 117 Å². The van der Waals surface area contributed by atoms with E-state index in [-0.39, 0.29) is 11.1 Å². The summed E-state index contributed by atoms with van der Waals surface area (Å²) < 4.78 is 5.49. The van der Waals surface area contributed by atoms with Gasteiger partial charge in [-0.1, -0.05) is 77.0 Å². The SMILES string of the molecule is CCCCCCCCCN(CCCC(=O)SCCCCC)CC(=O)OC(C)(C)C. The fourth-order valence-electron chi connectivity index (χ4n) is 3.18. The Morgan fingerprint density at radius 2 is 1.34 bits per heavy atom. The standard InChI is InChI=1S/C24H47NO3S/c1-6-8-10-11-12-13-14-18-25(21-22(26)28-24(3,4)5)19-16-17-23(27)29-20-15-9-7-2/h6-21H2,1-5H3. The topological polar surface area (TPSA) is 46.6 Å². The van der Waals surface area contributed by atoms with Gasteiger partial charge >= 0.3 is 5.97 Å². The average Bonchev–Trinajstić information content (AvgIpc) is 2.62. The van der Waals surface area contributed by atoms with E-state index in [9.17, 15) is 9.59 Å². The first kappa shape index (κ1) is 28.5. The number of hydrogen-bond acceptors (Lipinski definition) is 5. The lowest BCUT2D eigenvalue weighted by Crippen LogP contribution is -2.36. The molecule has 172 valence electrons. The summed E-state index contributed by atoms with van der Waals surface area (Å²) in [5, 5.41) is 0.286. The summed E-state index contributed by atoms with van der Waals surface area (Å²) in [6.45, 7) is 12.1. The van der Waals surface area contributed by atoms with Crippen LogP contribution in [-0.4, -0.2) is 47.0 Å². The number of carbonyl (C=O) groups excluding carboxylic acids is 2. The summed E-state index contributed by atoms with van der Waals surface area (Å²) in [5.74, 6) is 0.771. The quantitative estimate of drug-likeness (QED) is 0.181. The molecule has 0 radical (unpaired) electrons. The highest BCUT2D eigenvalue weighted by Crippen LogP contribution is 2.13. The van der Waals surface area contributed by atoms with Crippen molar-refractivity contribution in [3.63, 3.8) is 0 Å². The Hall–Kier alpha value is -0.550. The molecule has 5 heteroatoms. The van der Waals surface area contributed by atoms with Gasteiger partial charge in [-0.15, -0.1) is 0 Å². The average molecular weight is 430 g/mol. The number of nitrogens with zero attached hydrogens (tertiary/aromatic N) is 1. The van der Waals surface area contributed by atoms with E-state index in [1.165, 1.54) is 63.1 Å². The van der Waals surface area contributed by atoms with Crippen LogP contribution < -0.4 is 0 Å². The summed E-state index contributed by atoms with van der Waals surface area (Å²) in [6, 6.07) is 0. The van der Waals surface area contributed by atoms with Crippen LogP contribution >= 0.6 is 11.8 Å². The molecule has 0 aliphatic carbocycles. The third-order valence-electron chi connectivity index (χ3n) is 4.72. The molecule has 29 heavy (non-hydrogen) atoms. The van der Waals surface area contributed by atoms with Gasteiger partial charge in [0, 0.05) is 12.2 Å². The fourth-order valence-corrected chi connectivity index (χ4v) is 4.04. The van der Waals surface area contributed by atoms with E-state index in [2.05, 4.69) is 18.7 Å². The van der Waals surface area contributed by atoms with E-state index in [1.807, 2.05) is 20.8 Å². The van der Waals surface area contributed by atoms with Gasteiger partial charge in [0.05, 0.1) is 6.54 Å². The lowest BCUT2D eigenvalue weighted by molar-refractivity contribution is -0.156. The highest BCUT2D eigenvalue weighted by molar-refractivity contribution is 8.13. The molecule has 0 rings (SSSR count). The van der Waals surface area contributed by atoms with Gasteiger partial charge in [0.25, 0.3) is 0 Å². The van der Waals surface area contributed by atoms with Crippen LogP contribution in [0.25, 0.3) is 0 Å². The van der Waals surface area contributed by atoms with Crippen molar-refractivity contribution in [1.82, 2.24) is 4.90 Å². The molecule has 0 saturated heterocycles. The number of unbranched alkanes of at least 4 members (excludes halogenated alkanes) is 8. The number of hydrogen-bond donors (Lipinski definition) is 0. The maximum atomic E-state index is 12.2. The van der Waals surface area contributed by atoms with E-state index in [1.54, 1.807) is 0 Å². The maximum Gasteiger partial charge on any atom is 0.320 e. The zero-order valence-electron chi connectivity index (χ0n) is 19.9. The molecule has 0 aromatic carbocycles. The number of rotatable bonds is 18. The molecule has 0 N–H and O–H groups in total. The van der Waals surface area contributed by atoms with Crippen LogP contribution in [0.4, 0.5) is 0 Å². The second-order valence-electron chi connectivity index (χ2n) is 9.02. The van der Waals surface area contributed by atoms with E-state index in [4.69, 9.17) is 4.74 Å². The largest absolute Gasteiger partial charge is 0.459 e. The van der Waals surface area contributed by atoms with E-state index in [0.29, 0.717) is 13.0 Å². The molecule has 0 aliphatic rings. The lowest BCUT2D eigenvalue weighted by Gasteiger charge is -2.25. The minimum absolute atomic E-state index is 0.166. The monoisotopic (exact) mass is 429 g/mol. The Bertz CT molecular complexity index is 421. The van der Waals surface area contributed by atoms with Crippen LogP contribution in [0.2, 0.25) is 0 Å². The van der Waals surface area contributed by atoms with Crippen LogP contribution in [-0.2, 0) is 14.3 Å². The summed E-state index contributed by atoms with van der Waals surface area (Å²) in [6.07, 6.45) is 13.7. The number of carbonyl (C=O) groups is 2. The molecule has 0 aromatic heterocycles. The van der Waals surface area contributed by atoms with Gasteiger partial charge in [0.2, 0.25) is 0 Å². The Labute approximate surface area is 184 Å². The molecule has 0 saturated carbocycles. The first-order valence-electron chi connectivity index (χ1n) is 11.9. The summed E-state index contributed by atoms with van der Waals surface area (Å²) in [7, 11) is 0. The normalized spacial score (nSPS) is 11.8. The molecular formula is C24H47NO3S. The van der Waals surface area contributed by atoms with E-state index in [0.717, 1.165) is 38.1 Å². The van der Waals surface area contributed by atoms with Crippen LogP contribution in [0, 0.1) is 0 Å². The van der Waals surface area contributed by atoms with Crippen LogP contribution in [0.3, 0.4) is 0 Å². The van der Waals surface area contributed by atoms with Gasteiger partial charge < -0.3 is 4.74 Å². The van der Waals surface area contributed by atoms with Gasteiger partial charge in [0.15, 0.2) is 5.12 Å². The summed E-state index contributed by atoms with van der Waals surface area (Å²) >= 11 is 1.47.